The lowest BCUT2D eigenvalue weighted by Gasteiger charge is -2.11. The van der Waals surface area contributed by atoms with Crippen LogP contribution in [0.3, 0.4) is 0 Å². The summed E-state index contributed by atoms with van der Waals surface area (Å²) >= 11 is 0. The zero-order chi connectivity index (χ0) is 19.4. The van der Waals surface area contributed by atoms with Crippen molar-refractivity contribution in [3.8, 4) is 5.75 Å². The molecule has 0 aliphatic heterocycles. The van der Waals surface area contributed by atoms with Gasteiger partial charge in [-0.25, -0.2) is 13.6 Å². The molecule has 0 bridgehead atoms. The number of anilines is 1. The van der Waals surface area contributed by atoms with Crippen LogP contribution in [0.2, 0.25) is 0 Å². The third kappa shape index (κ3) is 4.20. The van der Waals surface area contributed by atoms with Crippen LogP contribution in [0.25, 0.3) is 10.8 Å². The molecule has 27 heavy (non-hydrogen) atoms. The van der Waals surface area contributed by atoms with Crippen LogP contribution < -0.4 is 10.1 Å². The number of hydrogen-bond acceptors (Lipinski definition) is 4. The monoisotopic (exact) mass is 371 g/mol. The van der Waals surface area contributed by atoms with Gasteiger partial charge in [-0.2, -0.15) is 0 Å². The van der Waals surface area contributed by atoms with Gasteiger partial charge in [0.05, 0.1) is 12.8 Å². The highest BCUT2D eigenvalue weighted by Crippen LogP contribution is 2.26. The second-order valence-corrected chi connectivity index (χ2v) is 5.65. The molecule has 0 atom stereocenters. The fourth-order valence-corrected chi connectivity index (χ4v) is 2.54. The Bertz CT molecular complexity index is 1020. The molecule has 0 fully saturated rings. The zero-order valence-electron chi connectivity index (χ0n) is 14.3. The number of methoxy groups -OCH3 is 1. The van der Waals surface area contributed by atoms with E-state index in [1.165, 1.54) is 7.11 Å². The molecule has 7 heteroatoms. The van der Waals surface area contributed by atoms with Gasteiger partial charge in [0.1, 0.15) is 22.9 Å². The molecular formula is C20H15F2NO4. The summed E-state index contributed by atoms with van der Waals surface area (Å²) in [4.78, 5) is 24.2. The number of ether oxygens (including phenoxy) is 2. The van der Waals surface area contributed by atoms with Crippen LogP contribution in [0.1, 0.15) is 10.4 Å². The lowest BCUT2D eigenvalue weighted by Crippen LogP contribution is -2.21. The van der Waals surface area contributed by atoms with Gasteiger partial charge in [0.15, 0.2) is 6.61 Å². The Labute approximate surface area is 153 Å². The van der Waals surface area contributed by atoms with Crippen LogP contribution in [0, 0.1) is 11.6 Å². The van der Waals surface area contributed by atoms with E-state index in [4.69, 9.17) is 9.47 Å². The minimum Gasteiger partial charge on any atom is -0.496 e. The predicted molar refractivity (Wildman–Crippen MR) is 95.8 cm³/mol. The van der Waals surface area contributed by atoms with Crippen LogP contribution in [-0.4, -0.2) is 25.6 Å². The fourth-order valence-electron chi connectivity index (χ4n) is 2.54. The van der Waals surface area contributed by atoms with Crippen molar-refractivity contribution in [1.82, 2.24) is 0 Å². The lowest BCUT2D eigenvalue weighted by atomic mass is 10.1. The van der Waals surface area contributed by atoms with Crippen molar-refractivity contribution in [3.63, 3.8) is 0 Å². The van der Waals surface area contributed by atoms with E-state index in [0.717, 1.165) is 29.0 Å². The number of amides is 1. The SMILES string of the molecule is COc1cc2ccccc2cc1C(=O)OCC(=O)Nc1cc(F)ccc1F. The Morgan fingerprint density at radius 1 is 1.00 bits per heavy atom. The summed E-state index contributed by atoms with van der Waals surface area (Å²) in [7, 11) is 1.42. The first-order chi connectivity index (χ1) is 13.0. The molecule has 0 saturated heterocycles. The summed E-state index contributed by atoms with van der Waals surface area (Å²) in [5.74, 6) is -2.77. The topological polar surface area (TPSA) is 64.6 Å². The van der Waals surface area contributed by atoms with E-state index in [1.807, 2.05) is 24.3 Å². The fraction of sp³-hybridized carbons (Fsp3) is 0.100. The van der Waals surface area contributed by atoms with Gasteiger partial charge in [-0.05, 0) is 35.0 Å². The second-order valence-electron chi connectivity index (χ2n) is 5.65. The number of benzene rings is 3. The molecule has 0 heterocycles. The standard InChI is InChI=1S/C20H15F2NO4/c1-26-18-9-13-5-3-2-4-12(13)8-15(18)20(25)27-11-19(24)23-17-10-14(21)6-7-16(17)22/h2-10H,11H2,1H3,(H,23,24). The van der Waals surface area contributed by atoms with Crippen LogP contribution in [0.5, 0.6) is 5.75 Å². The second kappa shape index (κ2) is 7.82. The molecule has 5 nitrogen and oxygen atoms in total. The third-order valence-corrected chi connectivity index (χ3v) is 3.82. The van der Waals surface area contributed by atoms with Gasteiger partial charge in [0.25, 0.3) is 5.91 Å². The van der Waals surface area contributed by atoms with Crippen LogP contribution >= 0.6 is 0 Å². The number of nitrogens with one attached hydrogen (secondary N) is 1. The Balaban J connectivity index is 1.71. The number of carbonyl (C=O) groups is 2. The smallest absolute Gasteiger partial charge is 0.342 e. The number of fused-ring (bicyclic) bond motifs is 1. The lowest BCUT2D eigenvalue weighted by molar-refractivity contribution is -0.119. The van der Waals surface area contributed by atoms with Gasteiger partial charge in [-0.1, -0.05) is 24.3 Å². The molecule has 0 aromatic heterocycles. The van der Waals surface area contributed by atoms with E-state index in [1.54, 1.807) is 12.1 Å². The summed E-state index contributed by atoms with van der Waals surface area (Å²) in [5.41, 5.74) is -0.180. The van der Waals surface area contributed by atoms with Crippen molar-refractivity contribution < 1.29 is 27.8 Å². The molecule has 0 unspecified atom stereocenters. The molecule has 0 aliphatic rings. The van der Waals surface area contributed by atoms with Crippen molar-refractivity contribution >= 4 is 28.3 Å². The number of halogens is 2. The molecule has 3 aromatic rings. The zero-order valence-corrected chi connectivity index (χ0v) is 14.3. The molecule has 3 rings (SSSR count). The molecule has 1 amide bonds. The van der Waals surface area contributed by atoms with Crippen molar-refractivity contribution in [2.75, 3.05) is 19.0 Å². The van der Waals surface area contributed by atoms with Crippen molar-refractivity contribution in [2.24, 2.45) is 0 Å². The first-order valence-electron chi connectivity index (χ1n) is 7.97. The maximum atomic E-state index is 13.5. The Hall–Kier alpha value is -3.48. The van der Waals surface area contributed by atoms with Crippen LogP contribution in [-0.2, 0) is 9.53 Å². The van der Waals surface area contributed by atoms with Crippen molar-refractivity contribution in [2.45, 2.75) is 0 Å². The molecule has 138 valence electrons. The highest BCUT2D eigenvalue weighted by Gasteiger charge is 2.17. The normalized spacial score (nSPS) is 10.5. The van der Waals surface area contributed by atoms with Gasteiger partial charge in [-0.3, -0.25) is 4.79 Å². The summed E-state index contributed by atoms with van der Waals surface area (Å²) in [5, 5.41) is 3.84. The van der Waals surface area contributed by atoms with Crippen molar-refractivity contribution in [1.29, 1.82) is 0 Å². The molecule has 0 aliphatic carbocycles. The Kier molecular flexibility index (Phi) is 5.30. The summed E-state index contributed by atoms with van der Waals surface area (Å²) in [6.45, 7) is -0.662. The van der Waals surface area contributed by atoms with E-state index < -0.39 is 30.1 Å². The molecular weight excluding hydrogens is 356 g/mol. The molecule has 3 aromatic carbocycles. The van der Waals surface area contributed by atoms with Gasteiger partial charge in [0.2, 0.25) is 0 Å². The summed E-state index contributed by atoms with van der Waals surface area (Å²) < 4.78 is 36.9. The highest BCUT2D eigenvalue weighted by atomic mass is 19.1. The van der Waals surface area contributed by atoms with E-state index in [9.17, 15) is 18.4 Å². The largest absolute Gasteiger partial charge is 0.496 e. The number of carbonyl (C=O) groups excluding carboxylic acids is 2. The first kappa shape index (κ1) is 18.3. The molecule has 0 radical (unpaired) electrons. The average Bonchev–Trinajstić information content (AvgIpc) is 2.67. The van der Waals surface area contributed by atoms with Gasteiger partial charge in [0, 0.05) is 6.07 Å². The minimum absolute atomic E-state index is 0.154. The van der Waals surface area contributed by atoms with Crippen molar-refractivity contribution in [3.05, 3.63) is 71.8 Å². The quantitative estimate of drug-likeness (QED) is 0.691. The first-order valence-corrected chi connectivity index (χ1v) is 7.97. The van der Waals surface area contributed by atoms with Crippen LogP contribution in [0.15, 0.2) is 54.6 Å². The van der Waals surface area contributed by atoms with E-state index in [-0.39, 0.29) is 11.3 Å². The molecule has 0 saturated carbocycles. The summed E-state index contributed by atoms with van der Waals surface area (Å²) in [6, 6.07) is 13.3. The predicted octanol–water partition coefficient (Wildman–Crippen LogP) is 3.92. The number of hydrogen-bond donors (Lipinski definition) is 1. The van der Waals surface area contributed by atoms with E-state index >= 15 is 0 Å². The van der Waals surface area contributed by atoms with Gasteiger partial charge in [-0.15, -0.1) is 0 Å². The number of rotatable bonds is 5. The third-order valence-electron chi connectivity index (χ3n) is 3.82. The Morgan fingerprint density at radius 3 is 2.41 bits per heavy atom. The molecule has 1 N–H and O–H groups in total. The highest BCUT2D eigenvalue weighted by molar-refractivity contribution is 6.00. The minimum atomic E-state index is -0.799. The Morgan fingerprint density at radius 2 is 1.70 bits per heavy atom. The number of esters is 1. The van der Waals surface area contributed by atoms with E-state index in [0.29, 0.717) is 5.75 Å². The van der Waals surface area contributed by atoms with Gasteiger partial charge < -0.3 is 14.8 Å². The maximum absolute atomic E-state index is 13.5. The van der Waals surface area contributed by atoms with E-state index in [2.05, 4.69) is 5.32 Å². The van der Waals surface area contributed by atoms with Crippen LogP contribution in [0.4, 0.5) is 14.5 Å². The summed E-state index contributed by atoms with van der Waals surface area (Å²) in [6.07, 6.45) is 0. The average molecular weight is 371 g/mol. The van der Waals surface area contributed by atoms with Gasteiger partial charge >= 0.3 is 5.97 Å². The maximum Gasteiger partial charge on any atom is 0.342 e. The molecule has 0 spiro atoms.